The number of hydrogen-bond acceptors (Lipinski definition) is 3. The van der Waals surface area contributed by atoms with E-state index in [0.29, 0.717) is 5.02 Å². The van der Waals surface area contributed by atoms with E-state index in [2.05, 4.69) is 10.3 Å². The molecule has 0 bridgehead atoms. The van der Waals surface area contributed by atoms with Crippen molar-refractivity contribution in [3.63, 3.8) is 0 Å². The van der Waals surface area contributed by atoms with Crippen LogP contribution in [0.2, 0.25) is 5.02 Å². The molecule has 0 unspecified atom stereocenters. The zero-order chi connectivity index (χ0) is 15.4. The first kappa shape index (κ1) is 12.7. The highest BCUT2D eigenvalue weighted by atomic mass is 35.5. The standard InChI is InChI=1S/C18H10ClN3O/c19-11-9-13-12-5-1-4-8-17(12)23-18(13)16(10-11)22-15-7-3-2-6-14(15)20-21-22/h1-10H. The predicted molar refractivity (Wildman–Crippen MR) is 91.2 cm³/mol. The van der Waals surface area contributed by atoms with Crippen molar-refractivity contribution in [3.8, 4) is 5.69 Å². The summed E-state index contributed by atoms with van der Waals surface area (Å²) in [7, 11) is 0. The summed E-state index contributed by atoms with van der Waals surface area (Å²) < 4.78 is 7.83. The van der Waals surface area contributed by atoms with Crippen LogP contribution in [0.4, 0.5) is 0 Å². The number of halogens is 1. The Morgan fingerprint density at radius 1 is 0.913 bits per heavy atom. The molecule has 23 heavy (non-hydrogen) atoms. The molecular formula is C18H10ClN3O. The lowest BCUT2D eigenvalue weighted by atomic mass is 10.1. The molecule has 0 radical (unpaired) electrons. The summed E-state index contributed by atoms with van der Waals surface area (Å²) in [5, 5.41) is 11.1. The van der Waals surface area contributed by atoms with Gasteiger partial charge in [0.25, 0.3) is 0 Å². The quantitative estimate of drug-likeness (QED) is 0.438. The van der Waals surface area contributed by atoms with Gasteiger partial charge in [-0.2, -0.15) is 0 Å². The van der Waals surface area contributed by atoms with Gasteiger partial charge in [-0.15, -0.1) is 5.10 Å². The Balaban J connectivity index is 1.94. The van der Waals surface area contributed by atoms with Gasteiger partial charge in [0.1, 0.15) is 16.8 Å². The van der Waals surface area contributed by atoms with E-state index in [1.165, 1.54) is 0 Å². The van der Waals surface area contributed by atoms with Crippen LogP contribution in [0.25, 0.3) is 38.7 Å². The maximum atomic E-state index is 6.35. The summed E-state index contributed by atoms with van der Waals surface area (Å²) in [5.74, 6) is 0. The molecular weight excluding hydrogens is 310 g/mol. The summed E-state index contributed by atoms with van der Waals surface area (Å²) in [4.78, 5) is 0. The second-order valence-corrected chi connectivity index (χ2v) is 5.83. The molecule has 0 amide bonds. The van der Waals surface area contributed by atoms with Crippen LogP contribution in [0, 0.1) is 0 Å². The predicted octanol–water partition coefficient (Wildman–Crippen LogP) is 4.97. The minimum absolute atomic E-state index is 0.638. The summed E-state index contributed by atoms with van der Waals surface area (Å²) >= 11 is 6.35. The average molecular weight is 320 g/mol. The minimum atomic E-state index is 0.638. The molecule has 2 aromatic heterocycles. The highest BCUT2D eigenvalue weighted by Gasteiger charge is 2.16. The smallest absolute Gasteiger partial charge is 0.161 e. The Morgan fingerprint density at radius 3 is 2.70 bits per heavy atom. The normalized spacial score (nSPS) is 11.7. The van der Waals surface area contributed by atoms with E-state index in [9.17, 15) is 0 Å². The number of hydrogen-bond donors (Lipinski definition) is 0. The second-order valence-electron chi connectivity index (χ2n) is 5.39. The first-order valence-corrected chi connectivity index (χ1v) is 7.61. The first-order valence-electron chi connectivity index (χ1n) is 7.23. The molecule has 0 spiro atoms. The molecule has 0 fully saturated rings. The van der Waals surface area contributed by atoms with Crippen molar-refractivity contribution in [3.05, 3.63) is 65.7 Å². The fourth-order valence-corrected chi connectivity index (χ4v) is 3.19. The molecule has 3 aromatic carbocycles. The van der Waals surface area contributed by atoms with Gasteiger partial charge in [-0.25, -0.2) is 4.68 Å². The van der Waals surface area contributed by atoms with Crippen LogP contribution < -0.4 is 0 Å². The highest BCUT2D eigenvalue weighted by molar-refractivity contribution is 6.32. The van der Waals surface area contributed by atoms with E-state index < -0.39 is 0 Å². The number of nitrogens with zero attached hydrogens (tertiary/aromatic N) is 3. The van der Waals surface area contributed by atoms with Crippen LogP contribution >= 0.6 is 11.6 Å². The third-order valence-corrected chi connectivity index (χ3v) is 4.22. The molecule has 2 heterocycles. The number of furan rings is 1. The van der Waals surface area contributed by atoms with Crippen molar-refractivity contribution < 1.29 is 4.42 Å². The largest absolute Gasteiger partial charge is 0.454 e. The molecule has 5 rings (SSSR count). The molecule has 0 aliphatic carbocycles. The van der Waals surface area contributed by atoms with Crippen LogP contribution in [-0.2, 0) is 0 Å². The number of rotatable bonds is 1. The third-order valence-electron chi connectivity index (χ3n) is 4.00. The lowest BCUT2D eigenvalue weighted by Gasteiger charge is -2.04. The van der Waals surface area contributed by atoms with Gasteiger partial charge in [-0.1, -0.05) is 47.1 Å². The van der Waals surface area contributed by atoms with Gasteiger partial charge in [0.05, 0.1) is 5.52 Å². The van der Waals surface area contributed by atoms with E-state index in [0.717, 1.165) is 38.7 Å². The van der Waals surface area contributed by atoms with Gasteiger partial charge in [0.15, 0.2) is 5.58 Å². The highest BCUT2D eigenvalue weighted by Crippen LogP contribution is 2.35. The number of fused-ring (bicyclic) bond motifs is 4. The summed E-state index contributed by atoms with van der Waals surface area (Å²) in [5.41, 5.74) is 4.12. The van der Waals surface area contributed by atoms with Gasteiger partial charge < -0.3 is 4.42 Å². The van der Waals surface area contributed by atoms with Gasteiger partial charge in [0, 0.05) is 15.8 Å². The van der Waals surface area contributed by atoms with Crippen molar-refractivity contribution in [2.24, 2.45) is 0 Å². The van der Waals surface area contributed by atoms with Crippen molar-refractivity contribution >= 4 is 44.6 Å². The van der Waals surface area contributed by atoms with Gasteiger partial charge in [-0.3, -0.25) is 0 Å². The summed E-state index contributed by atoms with van der Waals surface area (Å²) in [6.45, 7) is 0. The van der Waals surface area contributed by atoms with E-state index in [1.54, 1.807) is 4.68 Å². The lowest BCUT2D eigenvalue weighted by molar-refractivity contribution is 0.661. The van der Waals surface area contributed by atoms with Gasteiger partial charge in [-0.05, 0) is 30.3 Å². The van der Waals surface area contributed by atoms with E-state index >= 15 is 0 Å². The number of para-hydroxylation sites is 2. The van der Waals surface area contributed by atoms with Crippen LogP contribution in [-0.4, -0.2) is 15.0 Å². The van der Waals surface area contributed by atoms with Gasteiger partial charge >= 0.3 is 0 Å². The van der Waals surface area contributed by atoms with Crippen molar-refractivity contribution in [2.75, 3.05) is 0 Å². The van der Waals surface area contributed by atoms with E-state index in [1.807, 2.05) is 60.7 Å². The SMILES string of the molecule is Clc1cc(-n2nnc3ccccc32)c2oc3ccccc3c2c1. The maximum Gasteiger partial charge on any atom is 0.161 e. The summed E-state index contributed by atoms with van der Waals surface area (Å²) in [6, 6.07) is 19.5. The molecule has 0 N–H and O–H groups in total. The molecule has 0 aliphatic heterocycles. The van der Waals surface area contributed by atoms with E-state index in [-0.39, 0.29) is 0 Å². The molecule has 0 saturated heterocycles. The molecule has 110 valence electrons. The molecule has 0 saturated carbocycles. The zero-order valence-electron chi connectivity index (χ0n) is 11.9. The summed E-state index contributed by atoms with van der Waals surface area (Å²) in [6.07, 6.45) is 0. The number of benzene rings is 3. The fraction of sp³-hybridized carbons (Fsp3) is 0. The molecule has 0 aliphatic rings. The molecule has 0 atom stereocenters. The van der Waals surface area contributed by atoms with Crippen LogP contribution in [0.5, 0.6) is 0 Å². The van der Waals surface area contributed by atoms with Crippen molar-refractivity contribution in [2.45, 2.75) is 0 Å². The van der Waals surface area contributed by atoms with Gasteiger partial charge in [0.2, 0.25) is 0 Å². The van der Waals surface area contributed by atoms with Crippen LogP contribution in [0.1, 0.15) is 0 Å². The molecule has 5 aromatic rings. The third kappa shape index (κ3) is 1.79. The first-order chi connectivity index (χ1) is 11.3. The minimum Gasteiger partial charge on any atom is -0.454 e. The topological polar surface area (TPSA) is 43.9 Å². The van der Waals surface area contributed by atoms with Crippen LogP contribution in [0.3, 0.4) is 0 Å². The lowest BCUT2D eigenvalue weighted by Crippen LogP contribution is -1.97. The monoisotopic (exact) mass is 319 g/mol. The average Bonchev–Trinajstić information content (AvgIpc) is 3.16. The molecule has 5 heteroatoms. The Labute approximate surface area is 135 Å². The van der Waals surface area contributed by atoms with Crippen LogP contribution in [0.15, 0.2) is 65.1 Å². The Morgan fingerprint density at radius 2 is 1.74 bits per heavy atom. The Bertz CT molecular complexity index is 1190. The maximum absolute atomic E-state index is 6.35. The Kier molecular flexibility index (Phi) is 2.52. The molecule has 4 nitrogen and oxygen atoms in total. The zero-order valence-corrected chi connectivity index (χ0v) is 12.7. The van der Waals surface area contributed by atoms with Crippen molar-refractivity contribution in [1.29, 1.82) is 0 Å². The Hall–Kier alpha value is -2.85. The second kappa shape index (κ2) is 4.57. The van der Waals surface area contributed by atoms with Crippen molar-refractivity contribution in [1.82, 2.24) is 15.0 Å². The fourth-order valence-electron chi connectivity index (χ4n) is 2.98. The van der Waals surface area contributed by atoms with E-state index in [4.69, 9.17) is 16.0 Å². The number of aromatic nitrogens is 3.